The number of carbonyl (C=O) groups excluding carboxylic acids is 4. The number of nitro groups is 2. The molecule has 4 rings (SSSR count). The number of nitrogens with one attached hydrogen (secondary N) is 2. The van der Waals surface area contributed by atoms with E-state index >= 15 is 4.79 Å². The molecule has 1 aliphatic carbocycles. The molecule has 0 saturated heterocycles. The number of ether oxygens (including phenoxy) is 2. The summed E-state index contributed by atoms with van der Waals surface area (Å²) in [7, 11) is 0. The maximum Gasteiger partial charge on any atom is 0.400 e. The summed E-state index contributed by atoms with van der Waals surface area (Å²) in [6, 6.07) is 5.80. The first-order valence-electron chi connectivity index (χ1n) is 20.4. The summed E-state index contributed by atoms with van der Waals surface area (Å²) in [5.74, 6) is -2.95. The summed E-state index contributed by atoms with van der Waals surface area (Å²) in [6.45, 7) is 9.92. The van der Waals surface area contributed by atoms with Crippen LogP contribution in [0.4, 0.5) is 21.9 Å². The fraction of sp³-hybridized carbons (Fsp3) is 0.524. The van der Waals surface area contributed by atoms with Crippen molar-refractivity contribution in [2.24, 2.45) is 16.8 Å². The first-order valence-corrected chi connectivity index (χ1v) is 20.4. The lowest BCUT2D eigenvalue weighted by atomic mass is 9.84. The molecule has 1 saturated carbocycles. The lowest BCUT2D eigenvalue weighted by molar-refractivity contribution is -0.393. The van der Waals surface area contributed by atoms with Crippen LogP contribution in [0.5, 0.6) is 0 Å². The molecule has 19 nitrogen and oxygen atoms in total. The highest BCUT2D eigenvalue weighted by Gasteiger charge is 2.39. The van der Waals surface area contributed by atoms with Crippen molar-refractivity contribution in [2.45, 2.75) is 123 Å². The van der Waals surface area contributed by atoms with Crippen LogP contribution in [-0.4, -0.2) is 91.3 Å². The Morgan fingerprint density at radius 3 is 2.28 bits per heavy atom. The maximum atomic E-state index is 15.5. The molecule has 1 fully saturated rings. The van der Waals surface area contributed by atoms with E-state index in [1.54, 1.807) is 71.9 Å². The third-order valence-corrected chi connectivity index (χ3v) is 10.1. The lowest BCUT2D eigenvalue weighted by Crippen LogP contribution is -2.58. The van der Waals surface area contributed by atoms with Gasteiger partial charge in [0.25, 0.3) is 17.3 Å². The van der Waals surface area contributed by atoms with Gasteiger partial charge in [-0.25, -0.2) is 14.6 Å². The van der Waals surface area contributed by atoms with Gasteiger partial charge in [-0.05, 0) is 57.6 Å². The van der Waals surface area contributed by atoms with E-state index in [9.17, 15) is 39.8 Å². The van der Waals surface area contributed by atoms with E-state index in [0.29, 0.717) is 11.3 Å². The van der Waals surface area contributed by atoms with Gasteiger partial charge in [0.2, 0.25) is 5.91 Å². The average molecular weight is 848 g/mol. The molecular weight excluding hydrogens is 793 g/mol. The number of amides is 3. The van der Waals surface area contributed by atoms with Crippen LogP contribution in [0.25, 0.3) is 0 Å². The number of non-ortho nitro benzene ring substituents is 1. The van der Waals surface area contributed by atoms with Crippen LogP contribution in [0.15, 0.2) is 66.0 Å². The van der Waals surface area contributed by atoms with Gasteiger partial charge in [-0.3, -0.25) is 39.7 Å². The third-order valence-electron chi connectivity index (χ3n) is 10.1. The Morgan fingerprint density at radius 2 is 1.70 bits per heavy atom. The third kappa shape index (κ3) is 13.6. The molecule has 0 spiro atoms. The Labute approximate surface area is 354 Å². The van der Waals surface area contributed by atoms with Gasteiger partial charge in [-0.1, -0.05) is 76.3 Å². The standard InChI is InChI=1S/C42H55N8O11/c1-7-60-40(53)37(27(2)3)44-25-32(20-28-14-10-8-11-15-28)47(34-19-18-31(49(56)57)23-35(34)50(58)59)39(52)33(22-30-24-43-26-45-30)46-38(51)36(21-29-16-12-9-13-17-29)48(55)41(54)61-42(4,5)6/h9,12-13,16-19,23-28,32-33,36-37H,7-8,10-11,14-15,20-22H2,1-6H3,(H,43,45)(H,46,51)/q-1/t32-,33-,36-,37-/m0/s1. The highest BCUT2D eigenvalue weighted by atomic mass is 16.6. The number of nitro benzene ring substituents is 2. The molecule has 0 unspecified atom stereocenters. The van der Waals surface area contributed by atoms with Gasteiger partial charge in [0.15, 0.2) is 0 Å². The fourth-order valence-corrected chi connectivity index (χ4v) is 7.16. The van der Waals surface area contributed by atoms with E-state index in [1.165, 1.54) is 18.7 Å². The largest absolute Gasteiger partial charge is 0.753 e. The Kier molecular flexibility index (Phi) is 17.0. The molecule has 2 N–H and O–H groups in total. The minimum Gasteiger partial charge on any atom is -0.753 e. The van der Waals surface area contributed by atoms with Crippen molar-refractivity contribution in [1.29, 1.82) is 0 Å². The van der Waals surface area contributed by atoms with Crippen LogP contribution >= 0.6 is 0 Å². The zero-order chi connectivity index (χ0) is 44.9. The van der Waals surface area contributed by atoms with Crippen LogP contribution in [0.2, 0.25) is 0 Å². The number of hydroxylamine groups is 2. The van der Waals surface area contributed by atoms with E-state index in [-0.39, 0.29) is 48.5 Å². The number of benzene rings is 2. The zero-order valence-electron chi connectivity index (χ0n) is 35.4. The second-order valence-electron chi connectivity index (χ2n) is 16.3. The molecule has 3 amide bonds. The van der Waals surface area contributed by atoms with Crippen molar-refractivity contribution < 1.29 is 38.5 Å². The quantitative estimate of drug-likeness (QED) is 0.0558. The van der Waals surface area contributed by atoms with Gasteiger partial charge in [0.1, 0.15) is 29.4 Å². The average Bonchev–Trinajstić information content (AvgIpc) is 3.72. The summed E-state index contributed by atoms with van der Waals surface area (Å²) in [5, 5.41) is 40.9. The highest BCUT2D eigenvalue weighted by molar-refractivity contribution is 6.05. The molecule has 61 heavy (non-hydrogen) atoms. The fourth-order valence-electron chi connectivity index (χ4n) is 7.16. The van der Waals surface area contributed by atoms with Gasteiger partial charge in [-0.15, -0.1) is 0 Å². The predicted molar refractivity (Wildman–Crippen MR) is 226 cm³/mol. The van der Waals surface area contributed by atoms with Crippen molar-refractivity contribution in [3.8, 4) is 0 Å². The summed E-state index contributed by atoms with van der Waals surface area (Å²) >= 11 is 0. The number of hydrogen-bond acceptors (Lipinski definition) is 13. The maximum absolute atomic E-state index is 15.5. The van der Waals surface area contributed by atoms with Crippen LogP contribution in [-0.2, 0) is 36.7 Å². The SMILES string of the molecule is CCOC(=O)[C@@H](N=C[C@H](CC1CCCCC1)N(C(=O)[C@H](Cc1cnc[nH]1)NC(=O)[C@H](Cc1ccccc1)N([O-])C(=O)OC(C)(C)C)c1ccc([N+](=O)[O-])cc1[N+](=O)[O-])C(C)C. The molecule has 1 aliphatic rings. The number of anilines is 1. The summed E-state index contributed by atoms with van der Waals surface area (Å²) < 4.78 is 10.6. The van der Waals surface area contributed by atoms with Crippen LogP contribution in [0.1, 0.15) is 91.3 Å². The Morgan fingerprint density at radius 1 is 1.02 bits per heavy atom. The Hall–Kier alpha value is -6.24. The van der Waals surface area contributed by atoms with Gasteiger partial charge in [0, 0.05) is 37.0 Å². The second kappa shape index (κ2) is 21.8. The van der Waals surface area contributed by atoms with Gasteiger partial charge in [0.05, 0.1) is 34.9 Å². The minimum atomic E-state index is -1.76. The van der Waals surface area contributed by atoms with Crippen molar-refractivity contribution >= 4 is 47.2 Å². The van der Waals surface area contributed by atoms with E-state index in [0.717, 1.165) is 55.2 Å². The molecule has 0 aliphatic heterocycles. The van der Waals surface area contributed by atoms with Crippen LogP contribution < -0.4 is 10.2 Å². The summed E-state index contributed by atoms with van der Waals surface area (Å²) in [6.07, 6.45) is 6.75. The number of esters is 1. The predicted octanol–water partition coefficient (Wildman–Crippen LogP) is 6.63. The summed E-state index contributed by atoms with van der Waals surface area (Å²) in [5.41, 5.74) is -1.96. The molecule has 4 atom stereocenters. The molecule has 0 bridgehead atoms. The number of hydrogen-bond donors (Lipinski definition) is 2. The number of rotatable bonds is 19. The van der Waals surface area contributed by atoms with Gasteiger partial charge >= 0.3 is 12.1 Å². The zero-order valence-corrected chi connectivity index (χ0v) is 35.4. The van der Waals surface area contributed by atoms with Crippen LogP contribution in [0, 0.1) is 37.3 Å². The van der Waals surface area contributed by atoms with Crippen molar-refractivity contribution in [2.75, 3.05) is 11.5 Å². The molecule has 1 aromatic heterocycles. The van der Waals surface area contributed by atoms with Gasteiger partial charge < -0.3 is 30.0 Å². The normalized spacial score (nSPS) is 15.3. The van der Waals surface area contributed by atoms with E-state index < -0.39 is 74.9 Å². The van der Waals surface area contributed by atoms with Crippen molar-refractivity contribution in [1.82, 2.24) is 20.3 Å². The molecule has 1 heterocycles. The molecule has 2 aromatic carbocycles. The smallest absolute Gasteiger partial charge is 0.400 e. The highest BCUT2D eigenvalue weighted by Crippen LogP contribution is 2.37. The number of aliphatic imine (C=N–C) groups is 1. The number of carbonyl (C=O) groups is 4. The second-order valence-corrected chi connectivity index (χ2v) is 16.3. The molecule has 330 valence electrons. The van der Waals surface area contributed by atoms with Crippen LogP contribution in [0.3, 0.4) is 0 Å². The molecule has 0 radical (unpaired) electrons. The first-order chi connectivity index (χ1) is 28.9. The van der Waals surface area contributed by atoms with E-state index in [1.807, 2.05) is 0 Å². The lowest BCUT2D eigenvalue weighted by Gasteiger charge is -2.38. The van der Waals surface area contributed by atoms with E-state index in [4.69, 9.17) is 9.47 Å². The van der Waals surface area contributed by atoms with Gasteiger partial charge in [-0.2, -0.15) is 0 Å². The van der Waals surface area contributed by atoms with E-state index in [2.05, 4.69) is 20.3 Å². The molecule has 3 aromatic rings. The first kappa shape index (κ1) is 47.4. The Balaban J connectivity index is 1.93. The Bertz CT molecular complexity index is 2000. The molecular formula is C42H55N8O11-. The number of aromatic amines is 1. The van der Waals surface area contributed by atoms with Crippen molar-refractivity contribution in [3.05, 3.63) is 97.7 Å². The minimum absolute atomic E-state index is 0.00329. The number of nitrogens with zero attached hydrogens (tertiary/aromatic N) is 6. The monoisotopic (exact) mass is 847 g/mol. The number of H-pyrrole nitrogens is 1. The summed E-state index contributed by atoms with van der Waals surface area (Å²) in [4.78, 5) is 91.7. The van der Waals surface area contributed by atoms with Crippen molar-refractivity contribution in [3.63, 3.8) is 0 Å². The number of aromatic nitrogens is 2. The topological polar surface area (TPSA) is 256 Å². The molecule has 19 heteroatoms. The number of imidazole rings is 1.